The Labute approximate surface area is 198 Å². The van der Waals surface area contributed by atoms with Crippen molar-refractivity contribution >= 4 is 6.21 Å². The maximum absolute atomic E-state index is 4.48. The van der Waals surface area contributed by atoms with Crippen LogP contribution in [-0.2, 0) is 0 Å². The van der Waals surface area contributed by atoms with Crippen molar-refractivity contribution in [3.8, 4) is 0 Å². The van der Waals surface area contributed by atoms with Crippen LogP contribution in [0.2, 0.25) is 0 Å². The van der Waals surface area contributed by atoms with Crippen molar-refractivity contribution < 1.29 is 0 Å². The van der Waals surface area contributed by atoms with Gasteiger partial charge in [-0.1, -0.05) is 65.0 Å². The molecule has 0 aliphatic heterocycles. The number of nitrogens with zero attached hydrogens (tertiary/aromatic N) is 1. The molecule has 0 aromatic carbocycles. The maximum atomic E-state index is 4.48. The standard InChI is InChI=1S/C28H48N4/c1-10-16-28(27(8)31-11-2)26(7)23(4)19-22(3)24(5)20-30-21-25(6)32-18-15-13-12-14-17-29-9/h11-14,17,20-23,26,29,31-32H,2,6,10,15-16,18-19H2,1,3-5,7-9H3/b13-12+,17-14-,24-20+,28-27+,30-21?/t22?,23-,26+/m1/s1. The highest BCUT2D eigenvalue weighted by molar-refractivity contribution is 5.77. The van der Waals surface area contributed by atoms with Gasteiger partial charge in [0, 0.05) is 37.4 Å². The fourth-order valence-corrected chi connectivity index (χ4v) is 3.62. The van der Waals surface area contributed by atoms with Gasteiger partial charge in [0.05, 0.1) is 0 Å². The first-order valence-electron chi connectivity index (χ1n) is 12.0. The lowest BCUT2D eigenvalue weighted by Crippen LogP contribution is -2.18. The summed E-state index contributed by atoms with van der Waals surface area (Å²) in [4.78, 5) is 4.48. The van der Waals surface area contributed by atoms with Crippen LogP contribution < -0.4 is 16.0 Å². The molecule has 0 saturated carbocycles. The van der Waals surface area contributed by atoms with Crippen LogP contribution in [0.15, 0.2) is 77.5 Å². The van der Waals surface area contributed by atoms with Crippen LogP contribution in [0.3, 0.4) is 0 Å². The Bertz CT molecular complexity index is 694. The highest BCUT2D eigenvalue weighted by Gasteiger charge is 2.20. The largest absolute Gasteiger partial charge is 0.394 e. The molecule has 1 unspecified atom stereocenters. The second-order valence-corrected chi connectivity index (χ2v) is 8.62. The third-order valence-corrected chi connectivity index (χ3v) is 5.91. The molecule has 0 heterocycles. The molecule has 0 radical (unpaired) electrons. The topological polar surface area (TPSA) is 48.5 Å². The summed E-state index contributed by atoms with van der Waals surface area (Å²) >= 11 is 0. The second-order valence-electron chi connectivity index (χ2n) is 8.62. The Hall–Kier alpha value is -2.49. The van der Waals surface area contributed by atoms with Crippen molar-refractivity contribution in [3.63, 3.8) is 0 Å². The first kappa shape index (κ1) is 29.5. The Morgan fingerprint density at radius 2 is 1.84 bits per heavy atom. The SMILES string of the molecule is C=CN/C(C)=C(\CCC)[C@@H](C)[C@H](C)CC(C)/C(C)=C/N=CC(=C)NCC/C=C/C=C\NC. The van der Waals surface area contributed by atoms with Gasteiger partial charge in [-0.05, 0) is 74.9 Å². The first-order valence-corrected chi connectivity index (χ1v) is 12.0. The van der Waals surface area contributed by atoms with E-state index in [1.165, 1.54) is 16.8 Å². The molecule has 0 rings (SSSR count). The average molecular weight is 441 g/mol. The summed E-state index contributed by atoms with van der Waals surface area (Å²) in [5.74, 6) is 1.61. The van der Waals surface area contributed by atoms with E-state index in [1.54, 1.807) is 12.4 Å². The lowest BCUT2D eigenvalue weighted by molar-refractivity contribution is 0.357. The predicted octanol–water partition coefficient (Wildman–Crippen LogP) is 6.85. The molecule has 4 nitrogen and oxygen atoms in total. The molecule has 180 valence electrons. The number of rotatable bonds is 17. The van der Waals surface area contributed by atoms with Gasteiger partial charge in [-0.2, -0.15) is 0 Å². The smallest absolute Gasteiger partial charge is 0.0493 e. The molecule has 0 aromatic heterocycles. The Morgan fingerprint density at radius 1 is 1.12 bits per heavy atom. The second kappa shape index (κ2) is 18.1. The monoisotopic (exact) mass is 440 g/mol. The summed E-state index contributed by atoms with van der Waals surface area (Å²) in [6, 6.07) is 0. The Morgan fingerprint density at radius 3 is 2.47 bits per heavy atom. The van der Waals surface area contributed by atoms with Gasteiger partial charge in [0.15, 0.2) is 0 Å². The van der Waals surface area contributed by atoms with Gasteiger partial charge < -0.3 is 16.0 Å². The van der Waals surface area contributed by atoms with E-state index >= 15 is 0 Å². The van der Waals surface area contributed by atoms with Gasteiger partial charge in [-0.3, -0.25) is 4.99 Å². The van der Waals surface area contributed by atoms with Gasteiger partial charge in [-0.25, -0.2) is 0 Å². The van der Waals surface area contributed by atoms with Crippen LogP contribution >= 0.6 is 0 Å². The van der Waals surface area contributed by atoms with Gasteiger partial charge in [-0.15, -0.1) is 0 Å². The van der Waals surface area contributed by atoms with E-state index in [-0.39, 0.29) is 0 Å². The fourth-order valence-electron chi connectivity index (χ4n) is 3.62. The summed E-state index contributed by atoms with van der Waals surface area (Å²) in [5, 5.41) is 9.55. The quantitative estimate of drug-likeness (QED) is 0.132. The summed E-state index contributed by atoms with van der Waals surface area (Å²) in [6.07, 6.45) is 18.0. The molecule has 0 aliphatic carbocycles. The van der Waals surface area contributed by atoms with Crippen LogP contribution in [0.25, 0.3) is 0 Å². The highest BCUT2D eigenvalue weighted by Crippen LogP contribution is 2.32. The van der Waals surface area contributed by atoms with Crippen molar-refractivity contribution in [2.45, 2.75) is 67.2 Å². The van der Waals surface area contributed by atoms with Crippen molar-refractivity contribution in [2.75, 3.05) is 13.6 Å². The van der Waals surface area contributed by atoms with E-state index in [0.717, 1.165) is 37.9 Å². The lowest BCUT2D eigenvalue weighted by Gasteiger charge is -2.27. The van der Waals surface area contributed by atoms with Gasteiger partial charge in [0.1, 0.15) is 0 Å². The van der Waals surface area contributed by atoms with E-state index in [1.807, 2.05) is 31.6 Å². The minimum Gasteiger partial charge on any atom is -0.394 e. The molecule has 0 aromatic rings. The molecule has 32 heavy (non-hydrogen) atoms. The maximum Gasteiger partial charge on any atom is 0.0493 e. The third-order valence-electron chi connectivity index (χ3n) is 5.91. The summed E-state index contributed by atoms with van der Waals surface area (Å²) in [5.41, 5.74) is 4.90. The zero-order valence-electron chi connectivity index (χ0n) is 21.7. The number of nitrogens with one attached hydrogen (secondary N) is 3. The van der Waals surface area contributed by atoms with Crippen LogP contribution in [0.5, 0.6) is 0 Å². The molecular formula is C28H48N4. The summed E-state index contributed by atoms with van der Waals surface area (Å²) in [7, 11) is 1.89. The van der Waals surface area contributed by atoms with Crippen LogP contribution in [0.4, 0.5) is 0 Å². The van der Waals surface area contributed by atoms with Gasteiger partial charge in [0.25, 0.3) is 0 Å². The molecule has 0 amide bonds. The van der Waals surface area contributed by atoms with Crippen molar-refractivity contribution in [3.05, 3.63) is 72.5 Å². The molecule has 0 saturated heterocycles. The number of hydrogen-bond acceptors (Lipinski definition) is 4. The molecule has 0 bridgehead atoms. The van der Waals surface area contributed by atoms with Gasteiger partial charge >= 0.3 is 0 Å². The van der Waals surface area contributed by atoms with Crippen molar-refractivity contribution in [2.24, 2.45) is 22.7 Å². The third kappa shape index (κ3) is 13.0. The average Bonchev–Trinajstić information content (AvgIpc) is 2.76. The zero-order valence-corrected chi connectivity index (χ0v) is 21.7. The van der Waals surface area contributed by atoms with Crippen LogP contribution in [0, 0.1) is 17.8 Å². The normalized spacial score (nSPS) is 16.2. The molecular weight excluding hydrogens is 392 g/mol. The number of hydrogen-bond donors (Lipinski definition) is 3. The van der Waals surface area contributed by atoms with Crippen LogP contribution in [-0.4, -0.2) is 19.8 Å². The van der Waals surface area contributed by atoms with E-state index < -0.39 is 0 Å². The molecule has 3 atom stereocenters. The number of allylic oxidation sites excluding steroid dienone is 6. The fraction of sp³-hybridized carbons (Fsp3) is 0.536. The Kier molecular flexibility index (Phi) is 16.7. The van der Waals surface area contributed by atoms with Crippen LogP contribution in [0.1, 0.15) is 67.2 Å². The molecule has 0 fully saturated rings. The lowest BCUT2D eigenvalue weighted by atomic mass is 9.79. The number of aliphatic imine (C=N–C) groups is 1. The van der Waals surface area contributed by atoms with Gasteiger partial charge in [0.2, 0.25) is 0 Å². The van der Waals surface area contributed by atoms with E-state index in [2.05, 4.69) is 81.7 Å². The predicted molar refractivity (Wildman–Crippen MR) is 144 cm³/mol. The van der Waals surface area contributed by atoms with Crippen molar-refractivity contribution in [1.29, 1.82) is 0 Å². The minimum atomic E-state index is 0.483. The summed E-state index contributed by atoms with van der Waals surface area (Å²) < 4.78 is 0. The van der Waals surface area contributed by atoms with E-state index in [4.69, 9.17) is 0 Å². The van der Waals surface area contributed by atoms with E-state index in [0.29, 0.717) is 17.8 Å². The molecule has 4 heteroatoms. The highest BCUT2D eigenvalue weighted by atomic mass is 14.9. The van der Waals surface area contributed by atoms with E-state index in [9.17, 15) is 0 Å². The minimum absolute atomic E-state index is 0.483. The first-order chi connectivity index (χ1) is 15.3. The van der Waals surface area contributed by atoms with Crippen molar-refractivity contribution in [1.82, 2.24) is 16.0 Å². The Balaban J connectivity index is 4.69. The summed E-state index contributed by atoms with van der Waals surface area (Å²) in [6.45, 7) is 22.3. The molecule has 3 N–H and O–H groups in total. The zero-order chi connectivity index (χ0) is 24.4. The molecule has 0 spiro atoms. The molecule has 0 aliphatic rings.